The summed E-state index contributed by atoms with van der Waals surface area (Å²) in [7, 11) is 0. The second kappa shape index (κ2) is 7.62. The molecule has 0 amide bonds. The Balaban J connectivity index is 1.39. The second-order valence-corrected chi connectivity index (χ2v) is 7.60. The zero-order chi connectivity index (χ0) is 17.2. The van der Waals surface area contributed by atoms with Gasteiger partial charge in [-0.1, -0.05) is 6.07 Å². The molecule has 1 aromatic rings. The number of fused-ring (bicyclic) bond motifs is 1. The fourth-order valence-corrected chi connectivity index (χ4v) is 4.38. The third kappa shape index (κ3) is 3.85. The number of piperazine rings is 1. The Hall–Kier alpha value is -1.14. The summed E-state index contributed by atoms with van der Waals surface area (Å²) < 4.78 is 11.5. The predicted molar refractivity (Wildman–Crippen MR) is 96.6 cm³/mol. The van der Waals surface area contributed by atoms with E-state index in [4.69, 9.17) is 9.47 Å². The molecule has 4 rings (SSSR count). The Morgan fingerprint density at radius 1 is 1.24 bits per heavy atom. The van der Waals surface area contributed by atoms with E-state index < -0.39 is 0 Å². The molecule has 2 heterocycles. The molecule has 138 valence electrons. The van der Waals surface area contributed by atoms with Crippen molar-refractivity contribution in [2.45, 2.75) is 45.0 Å². The lowest BCUT2D eigenvalue weighted by molar-refractivity contribution is -0.0880. The van der Waals surface area contributed by atoms with Crippen molar-refractivity contribution >= 4 is 0 Å². The average molecular weight is 346 g/mol. The highest BCUT2D eigenvalue weighted by molar-refractivity contribution is 5.37. The highest BCUT2D eigenvalue weighted by Crippen LogP contribution is 2.38. The highest BCUT2D eigenvalue weighted by Gasteiger charge is 2.42. The van der Waals surface area contributed by atoms with Gasteiger partial charge in [0.05, 0.1) is 26.4 Å². The van der Waals surface area contributed by atoms with Gasteiger partial charge in [0, 0.05) is 43.8 Å². The van der Waals surface area contributed by atoms with E-state index in [1.165, 1.54) is 18.4 Å². The van der Waals surface area contributed by atoms with Crippen LogP contribution in [0.15, 0.2) is 18.2 Å². The maximum absolute atomic E-state index is 9.60. The summed E-state index contributed by atoms with van der Waals surface area (Å²) in [5.41, 5.74) is 2.13. The number of hydrogen-bond donors (Lipinski definition) is 1. The van der Waals surface area contributed by atoms with Crippen LogP contribution < -0.4 is 4.74 Å². The first kappa shape index (κ1) is 17.3. The van der Waals surface area contributed by atoms with Crippen LogP contribution in [0.4, 0.5) is 0 Å². The standard InChI is InChI=1S/C20H30N2O3/c1-2-25-20-6-3-15(9-17(20)12-23)10-21-7-8-22-18(11-21)13-24-14-19(22)16-4-5-16/h3,6,9,16,18-19,23H,2,4-5,7-8,10-14H2,1H3/t18-,19-/m1/s1. The van der Waals surface area contributed by atoms with Crippen LogP contribution in [0.3, 0.4) is 0 Å². The van der Waals surface area contributed by atoms with E-state index in [2.05, 4.69) is 21.9 Å². The van der Waals surface area contributed by atoms with Gasteiger partial charge < -0.3 is 14.6 Å². The minimum Gasteiger partial charge on any atom is -0.494 e. The van der Waals surface area contributed by atoms with Gasteiger partial charge in [-0.3, -0.25) is 9.80 Å². The van der Waals surface area contributed by atoms with Crippen LogP contribution in [-0.4, -0.2) is 66.4 Å². The lowest BCUT2D eigenvalue weighted by Gasteiger charge is -2.48. The summed E-state index contributed by atoms with van der Waals surface area (Å²) in [5.74, 6) is 1.68. The topological polar surface area (TPSA) is 45.2 Å². The quantitative estimate of drug-likeness (QED) is 0.852. The largest absolute Gasteiger partial charge is 0.494 e. The van der Waals surface area contributed by atoms with E-state index in [0.29, 0.717) is 18.7 Å². The van der Waals surface area contributed by atoms with Crippen molar-refractivity contribution in [3.05, 3.63) is 29.3 Å². The van der Waals surface area contributed by atoms with Gasteiger partial charge in [0.2, 0.25) is 0 Å². The molecule has 0 spiro atoms. The smallest absolute Gasteiger partial charge is 0.124 e. The third-order valence-corrected chi connectivity index (χ3v) is 5.80. The Labute approximate surface area is 150 Å². The summed E-state index contributed by atoms with van der Waals surface area (Å²) in [6, 6.07) is 7.40. The number of hydrogen-bond acceptors (Lipinski definition) is 5. The lowest BCUT2D eigenvalue weighted by Crippen LogP contribution is -2.62. The summed E-state index contributed by atoms with van der Waals surface area (Å²) >= 11 is 0. The first-order chi connectivity index (χ1) is 12.3. The zero-order valence-corrected chi connectivity index (χ0v) is 15.2. The minimum absolute atomic E-state index is 0.0243. The van der Waals surface area contributed by atoms with E-state index >= 15 is 0 Å². The van der Waals surface area contributed by atoms with Gasteiger partial charge in [0.15, 0.2) is 0 Å². The molecule has 3 aliphatic rings. The van der Waals surface area contributed by atoms with E-state index in [0.717, 1.165) is 56.6 Å². The number of morpholine rings is 1. The van der Waals surface area contributed by atoms with Crippen molar-refractivity contribution in [1.29, 1.82) is 0 Å². The van der Waals surface area contributed by atoms with E-state index in [1.807, 2.05) is 13.0 Å². The molecule has 1 aliphatic carbocycles. The number of ether oxygens (including phenoxy) is 2. The van der Waals surface area contributed by atoms with Crippen LogP contribution in [0.25, 0.3) is 0 Å². The second-order valence-electron chi connectivity index (χ2n) is 7.60. The van der Waals surface area contributed by atoms with Crippen molar-refractivity contribution in [3.63, 3.8) is 0 Å². The monoisotopic (exact) mass is 346 g/mol. The molecule has 1 saturated carbocycles. The lowest BCUT2D eigenvalue weighted by atomic mass is 10.0. The van der Waals surface area contributed by atoms with Crippen LogP contribution in [0, 0.1) is 5.92 Å². The van der Waals surface area contributed by atoms with Crippen molar-refractivity contribution < 1.29 is 14.6 Å². The molecule has 1 aromatic carbocycles. The van der Waals surface area contributed by atoms with Crippen LogP contribution in [0.2, 0.25) is 0 Å². The Kier molecular flexibility index (Phi) is 5.27. The van der Waals surface area contributed by atoms with Crippen LogP contribution in [0.1, 0.15) is 30.9 Å². The van der Waals surface area contributed by atoms with Crippen LogP contribution in [0.5, 0.6) is 5.75 Å². The van der Waals surface area contributed by atoms with E-state index in [9.17, 15) is 5.11 Å². The van der Waals surface area contributed by atoms with E-state index in [-0.39, 0.29) is 6.61 Å². The predicted octanol–water partition coefficient (Wildman–Crippen LogP) is 1.87. The van der Waals surface area contributed by atoms with Crippen molar-refractivity contribution in [2.75, 3.05) is 39.5 Å². The van der Waals surface area contributed by atoms with Gasteiger partial charge >= 0.3 is 0 Å². The Morgan fingerprint density at radius 3 is 2.88 bits per heavy atom. The summed E-state index contributed by atoms with van der Waals surface area (Å²) in [4.78, 5) is 5.24. The highest BCUT2D eigenvalue weighted by atomic mass is 16.5. The number of benzene rings is 1. The van der Waals surface area contributed by atoms with Gasteiger partial charge in [0.25, 0.3) is 0 Å². The van der Waals surface area contributed by atoms with Gasteiger partial charge in [-0.05, 0) is 43.4 Å². The number of aliphatic hydroxyl groups is 1. The SMILES string of the molecule is CCOc1ccc(CN2CCN3[C@@H](COC[C@@H]3C3CC3)C2)cc1CO. The summed E-state index contributed by atoms with van der Waals surface area (Å²) in [5, 5.41) is 9.60. The van der Waals surface area contributed by atoms with Crippen LogP contribution >= 0.6 is 0 Å². The molecule has 3 fully saturated rings. The van der Waals surface area contributed by atoms with Crippen molar-refractivity contribution in [1.82, 2.24) is 9.80 Å². The molecule has 25 heavy (non-hydrogen) atoms. The molecular weight excluding hydrogens is 316 g/mol. The maximum atomic E-state index is 9.60. The third-order valence-electron chi connectivity index (χ3n) is 5.80. The van der Waals surface area contributed by atoms with Gasteiger partial charge in [-0.2, -0.15) is 0 Å². The number of nitrogens with zero attached hydrogens (tertiary/aromatic N) is 2. The van der Waals surface area contributed by atoms with Crippen LogP contribution in [-0.2, 0) is 17.9 Å². The molecule has 2 aliphatic heterocycles. The Bertz CT molecular complexity index is 590. The molecule has 2 saturated heterocycles. The molecule has 0 aromatic heterocycles. The normalized spacial score (nSPS) is 27.9. The first-order valence-corrected chi connectivity index (χ1v) is 9.69. The number of rotatable bonds is 6. The van der Waals surface area contributed by atoms with Crippen molar-refractivity contribution in [3.8, 4) is 5.75 Å². The van der Waals surface area contributed by atoms with Gasteiger partial charge in [-0.25, -0.2) is 0 Å². The summed E-state index contributed by atoms with van der Waals surface area (Å²) in [6.07, 6.45) is 2.77. The first-order valence-electron chi connectivity index (χ1n) is 9.69. The van der Waals surface area contributed by atoms with Crippen molar-refractivity contribution in [2.24, 2.45) is 5.92 Å². The molecular formula is C20H30N2O3. The molecule has 5 heteroatoms. The zero-order valence-electron chi connectivity index (χ0n) is 15.2. The average Bonchev–Trinajstić information content (AvgIpc) is 3.47. The molecule has 2 atom stereocenters. The number of aliphatic hydroxyl groups excluding tert-OH is 1. The Morgan fingerprint density at radius 2 is 2.12 bits per heavy atom. The van der Waals surface area contributed by atoms with E-state index in [1.54, 1.807) is 0 Å². The van der Waals surface area contributed by atoms with Gasteiger partial charge in [0.1, 0.15) is 5.75 Å². The summed E-state index contributed by atoms with van der Waals surface area (Å²) in [6.45, 7) is 8.68. The maximum Gasteiger partial charge on any atom is 0.124 e. The molecule has 5 nitrogen and oxygen atoms in total. The molecule has 0 bridgehead atoms. The fraction of sp³-hybridized carbons (Fsp3) is 0.700. The minimum atomic E-state index is 0.0243. The fourth-order valence-electron chi connectivity index (χ4n) is 4.38. The van der Waals surface area contributed by atoms with Gasteiger partial charge in [-0.15, -0.1) is 0 Å². The molecule has 1 N–H and O–H groups in total. The molecule has 0 unspecified atom stereocenters. The molecule has 0 radical (unpaired) electrons.